The molecule has 1 N–H and O–H groups in total. The molecule has 0 spiro atoms. The number of nitrogens with one attached hydrogen (secondary N) is 1. The molecular formula is C9H14N2O2S. The molecule has 0 amide bonds. The number of thiazole rings is 1. The molecule has 78 valence electrons. The number of aryl methyl sites for hydroxylation is 1. The maximum Gasteiger partial charge on any atom is 0.311 e. The second kappa shape index (κ2) is 4.95. The third kappa shape index (κ3) is 2.70. The predicted octanol–water partition coefficient (Wildman–Crippen LogP) is 1.60. The molecule has 4 nitrogen and oxygen atoms in total. The van der Waals surface area contributed by atoms with Crippen LogP contribution in [0.25, 0.3) is 0 Å². The summed E-state index contributed by atoms with van der Waals surface area (Å²) in [7, 11) is 1.38. The number of hydrogen-bond donors (Lipinski definition) is 1. The van der Waals surface area contributed by atoms with Gasteiger partial charge in [-0.05, 0) is 13.8 Å². The van der Waals surface area contributed by atoms with Crippen molar-refractivity contribution in [3.05, 3.63) is 10.6 Å². The first-order chi connectivity index (χ1) is 6.67. The average molecular weight is 214 g/mol. The second-order valence-corrected chi connectivity index (χ2v) is 4.01. The summed E-state index contributed by atoms with van der Waals surface area (Å²) < 4.78 is 4.58. The van der Waals surface area contributed by atoms with Gasteiger partial charge in [0.05, 0.1) is 19.2 Å². The van der Waals surface area contributed by atoms with Gasteiger partial charge in [0, 0.05) is 11.4 Å². The third-order valence-electron chi connectivity index (χ3n) is 1.76. The minimum atomic E-state index is -0.249. The Morgan fingerprint density at radius 1 is 1.64 bits per heavy atom. The van der Waals surface area contributed by atoms with E-state index in [2.05, 4.69) is 15.0 Å². The lowest BCUT2D eigenvalue weighted by Gasteiger charge is -1.96. The number of ether oxygens (including phenoxy) is 1. The maximum atomic E-state index is 11.0. The Hall–Kier alpha value is -1.10. The van der Waals surface area contributed by atoms with E-state index in [1.807, 2.05) is 13.8 Å². The van der Waals surface area contributed by atoms with Crippen molar-refractivity contribution in [1.82, 2.24) is 4.98 Å². The summed E-state index contributed by atoms with van der Waals surface area (Å²) in [6.45, 7) is 4.80. The van der Waals surface area contributed by atoms with Gasteiger partial charge in [-0.3, -0.25) is 4.79 Å². The number of nitrogens with zero attached hydrogens (tertiary/aromatic N) is 1. The molecule has 0 saturated carbocycles. The summed E-state index contributed by atoms with van der Waals surface area (Å²) in [6, 6.07) is 0. The number of rotatable bonds is 4. The predicted molar refractivity (Wildman–Crippen MR) is 56.7 cm³/mol. The lowest BCUT2D eigenvalue weighted by atomic mass is 10.3. The van der Waals surface area contributed by atoms with Gasteiger partial charge in [0.15, 0.2) is 5.13 Å². The van der Waals surface area contributed by atoms with Crippen LogP contribution in [0.15, 0.2) is 0 Å². The Kier molecular flexibility index (Phi) is 3.88. The lowest BCUT2D eigenvalue weighted by Crippen LogP contribution is -2.06. The van der Waals surface area contributed by atoms with E-state index >= 15 is 0 Å². The van der Waals surface area contributed by atoms with Crippen molar-refractivity contribution < 1.29 is 9.53 Å². The van der Waals surface area contributed by atoms with E-state index in [0.717, 1.165) is 22.2 Å². The van der Waals surface area contributed by atoms with Crippen LogP contribution in [0.1, 0.15) is 17.5 Å². The molecular weight excluding hydrogens is 200 g/mol. The van der Waals surface area contributed by atoms with Crippen molar-refractivity contribution in [1.29, 1.82) is 0 Å². The van der Waals surface area contributed by atoms with Crippen LogP contribution in [-0.2, 0) is 16.0 Å². The molecule has 0 aliphatic carbocycles. The highest BCUT2D eigenvalue weighted by Crippen LogP contribution is 2.22. The number of anilines is 1. The molecule has 1 rings (SSSR count). The first-order valence-electron chi connectivity index (χ1n) is 4.44. The van der Waals surface area contributed by atoms with E-state index in [0.29, 0.717) is 0 Å². The Morgan fingerprint density at radius 2 is 2.36 bits per heavy atom. The highest BCUT2D eigenvalue weighted by molar-refractivity contribution is 7.15. The van der Waals surface area contributed by atoms with Gasteiger partial charge in [0.1, 0.15) is 0 Å². The van der Waals surface area contributed by atoms with E-state index in [4.69, 9.17) is 0 Å². The van der Waals surface area contributed by atoms with Crippen LogP contribution in [-0.4, -0.2) is 24.6 Å². The Bertz CT molecular complexity index is 323. The number of aromatic nitrogens is 1. The molecule has 0 unspecified atom stereocenters. The second-order valence-electron chi connectivity index (χ2n) is 2.81. The van der Waals surface area contributed by atoms with Gasteiger partial charge < -0.3 is 10.1 Å². The van der Waals surface area contributed by atoms with Crippen LogP contribution in [0.2, 0.25) is 0 Å². The molecule has 14 heavy (non-hydrogen) atoms. The van der Waals surface area contributed by atoms with Gasteiger partial charge in [-0.25, -0.2) is 4.98 Å². The number of methoxy groups -OCH3 is 1. The van der Waals surface area contributed by atoms with Gasteiger partial charge in [-0.1, -0.05) is 0 Å². The quantitative estimate of drug-likeness (QED) is 0.773. The molecule has 0 fully saturated rings. The Labute approximate surface area is 87.3 Å². The monoisotopic (exact) mass is 214 g/mol. The number of carbonyl (C=O) groups is 1. The molecule has 0 saturated heterocycles. The molecule has 0 aliphatic rings. The first-order valence-corrected chi connectivity index (χ1v) is 5.26. The van der Waals surface area contributed by atoms with E-state index in [1.165, 1.54) is 7.11 Å². The molecule has 0 aliphatic heterocycles. The van der Waals surface area contributed by atoms with Crippen LogP contribution >= 0.6 is 11.3 Å². The fraction of sp³-hybridized carbons (Fsp3) is 0.556. The zero-order valence-electron chi connectivity index (χ0n) is 8.59. The number of esters is 1. The summed E-state index contributed by atoms with van der Waals surface area (Å²) in [5.74, 6) is -0.249. The molecule has 0 atom stereocenters. The zero-order chi connectivity index (χ0) is 10.6. The first kappa shape index (κ1) is 11.0. The molecule has 5 heteroatoms. The van der Waals surface area contributed by atoms with E-state index in [1.54, 1.807) is 11.3 Å². The molecule has 0 aromatic carbocycles. The number of hydrogen-bond acceptors (Lipinski definition) is 5. The van der Waals surface area contributed by atoms with E-state index in [9.17, 15) is 4.79 Å². The minimum absolute atomic E-state index is 0.249. The van der Waals surface area contributed by atoms with Gasteiger partial charge in [0.25, 0.3) is 0 Å². The summed E-state index contributed by atoms with van der Waals surface area (Å²) in [5.41, 5.74) is 0.804. The standard InChI is InChI=1S/C9H14N2O2S/c1-4-10-9-11-7(6(2)14-9)5-8(12)13-3/h4-5H2,1-3H3,(H,10,11). The summed E-state index contributed by atoms with van der Waals surface area (Å²) in [4.78, 5) is 16.4. The number of carbonyl (C=O) groups excluding carboxylic acids is 1. The van der Waals surface area contributed by atoms with Gasteiger partial charge in [-0.15, -0.1) is 11.3 Å². The average Bonchev–Trinajstić information content (AvgIpc) is 2.47. The Morgan fingerprint density at radius 3 is 2.93 bits per heavy atom. The lowest BCUT2D eigenvalue weighted by molar-refractivity contribution is -0.139. The maximum absolute atomic E-state index is 11.0. The highest BCUT2D eigenvalue weighted by Gasteiger charge is 2.11. The van der Waals surface area contributed by atoms with E-state index < -0.39 is 0 Å². The molecule has 1 heterocycles. The fourth-order valence-corrected chi connectivity index (χ4v) is 1.93. The summed E-state index contributed by atoms with van der Waals surface area (Å²) in [5, 5.41) is 3.98. The van der Waals surface area contributed by atoms with Crippen molar-refractivity contribution in [3.8, 4) is 0 Å². The topological polar surface area (TPSA) is 51.2 Å². The van der Waals surface area contributed by atoms with Crippen LogP contribution < -0.4 is 5.32 Å². The fourth-order valence-electron chi connectivity index (χ4n) is 1.03. The van der Waals surface area contributed by atoms with Crippen LogP contribution in [0.5, 0.6) is 0 Å². The largest absolute Gasteiger partial charge is 0.469 e. The molecule has 1 aromatic heterocycles. The van der Waals surface area contributed by atoms with Crippen LogP contribution in [0, 0.1) is 6.92 Å². The molecule has 1 aromatic rings. The van der Waals surface area contributed by atoms with Crippen molar-refractivity contribution in [3.63, 3.8) is 0 Å². The van der Waals surface area contributed by atoms with Gasteiger partial charge in [0.2, 0.25) is 0 Å². The van der Waals surface area contributed by atoms with Crippen molar-refractivity contribution >= 4 is 22.4 Å². The van der Waals surface area contributed by atoms with Crippen molar-refractivity contribution in [2.24, 2.45) is 0 Å². The van der Waals surface area contributed by atoms with Crippen LogP contribution in [0.3, 0.4) is 0 Å². The normalized spacial score (nSPS) is 9.93. The highest BCUT2D eigenvalue weighted by atomic mass is 32.1. The Balaban J connectivity index is 2.71. The molecule has 0 bridgehead atoms. The SMILES string of the molecule is CCNc1nc(CC(=O)OC)c(C)s1. The third-order valence-corrected chi connectivity index (χ3v) is 2.73. The minimum Gasteiger partial charge on any atom is -0.469 e. The van der Waals surface area contributed by atoms with Crippen LogP contribution in [0.4, 0.5) is 5.13 Å². The smallest absolute Gasteiger partial charge is 0.311 e. The summed E-state index contributed by atoms with van der Waals surface area (Å²) >= 11 is 1.56. The van der Waals surface area contributed by atoms with E-state index in [-0.39, 0.29) is 12.4 Å². The van der Waals surface area contributed by atoms with Crippen molar-refractivity contribution in [2.45, 2.75) is 20.3 Å². The van der Waals surface area contributed by atoms with Crippen molar-refractivity contribution in [2.75, 3.05) is 19.0 Å². The summed E-state index contributed by atoms with van der Waals surface area (Å²) in [6.07, 6.45) is 0.254. The van der Waals surface area contributed by atoms with Gasteiger partial charge >= 0.3 is 5.97 Å². The molecule has 0 radical (unpaired) electrons. The van der Waals surface area contributed by atoms with Gasteiger partial charge in [-0.2, -0.15) is 0 Å². The zero-order valence-corrected chi connectivity index (χ0v) is 9.40.